The predicted octanol–water partition coefficient (Wildman–Crippen LogP) is 3.40. The molecule has 0 saturated heterocycles. The molecule has 0 aromatic heterocycles. The number of benzene rings is 1. The van der Waals surface area contributed by atoms with Gasteiger partial charge >= 0.3 is 0 Å². The third-order valence-corrected chi connectivity index (χ3v) is 2.79. The molecule has 0 aliphatic rings. The van der Waals surface area contributed by atoms with Crippen molar-refractivity contribution in [2.45, 2.75) is 25.4 Å². The molecule has 0 amide bonds. The van der Waals surface area contributed by atoms with E-state index < -0.39 is 6.10 Å². The molecule has 1 aromatic carbocycles. The van der Waals surface area contributed by atoms with E-state index in [1.54, 1.807) is 12.1 Å². The van der Waals surface area contributed by atoms with Crippen LogP contribution in [0.2, 0.25) is 5.02 Å². The minimum absolute atomic E-state index is 0.238. The van der Waals surface area contributed by atoms with Crippen molar-refractivity contribution < 1.29 is 9.50 Å². The molecule has 1 unspecified atom stereocenters. The second kappa shape index (κ2) is 6.31. The van der Waals surface area contributed by atoms with Gasteiger partial charge in [0.25, 0.3) is 0 Å². The van der Waals surface area contributed by atoms with Crippen molar-refractivity contribution in [1.29, 1.82) is 0 Å². The van der Waals surface area contributed by atoms with Crippen molar-refractivity contribution in [3.05, 3.63) is 34.6 Å². The quantitative estimate of drug-likeness (QED) is 0.795. The van der Waals surface area contributed by atoms with E-state index in [-0.39, 0.29) is 12.2 Å². The van der Waals surface area contributed by atoms with Crippen LogP contribution in [0.5, 0.6) is 0 Å². The van der Waals surface area contributed by atoms with Crippen LogP contribution < -0.4 is 0 Å². The van der Waals surface area contributed by atoms with Gasteiger partial charge in [0.2, 0.25) is 0 Å². The van der Waals surface area contributed by atoms with Crippen LogP contribution in [0.25, 0.3) is 0 Å². The number of rotatable bonds is 5. The van der Waals surface area contributed by atoms with Crippen LogP contribution >= 0.6 is 23.2 Å². The summed E-state index contributed by atoms with van der Waals surface area (Å²) >= 11 is 11.3. The molecule has 0 bridgehead atoms. The largest absolute Gasteiger partial charge is 0.393 e. The molecule has 1 aromatic rings. The van der Waals surface area contributed by atoms with Crippen LogP contribution in [0.4, 0.5) is 4.39 Å². The van der Waals surface area contributed by atoms with Gasteiger partial charge in [-0.25, -0.2) is 4.39 Å². The number of hydrogen-bond acceptors (Lipinski definition) is 1. The second-order valence-electron chi connectivity index (χ2n) is 3.39. The molecular weight excluding hydrogens is 238 g/mol. The Bertz CT molecular complexity index is 297. The third-order valence-electron chi connectivity index (χ3n) is 2.17. The molecule has 0 fully saturated rings. The first-order valence-electron chi connectivity index (χ1n) is 4.82. The minimum atomic E-state index is -0.585. The van der Waals surface area contributed by atoms with Gasteiger partial charge in [-0.1, -0.05) is 17.7 Å². The summed E-state index contributed by atoms with van der Waals surface area (Å²) in [5, 5.41) is 9.96. The minimum Gasteiger partial charge on any atom is -0.393 e. The van der Waals surface area contributed by atoms with E-state index >= 15 is 0 Å². The summed E-state index contributed by atoms with van der Waals surface area (Å²) in [7, 11) is 0. The number of hydrogen-bond donors (Lipinski definition) is 1. The van der Waals surface area contributed by atoms with E-state index in [0.29, 0.717) is 22.9 Å². The van der Waals surface area contributed by atoms with Gasteiger partial charge in [0, 0.05) is 22.9 Å². The highest BCUT2D eigenvalue weighted by Crippen LogP contribution is 2.21. The molecule has 15 heavy (non-hydrogen) atoms. The summed E-state index contributed by atoms with van der Waals surface area (Å²) in [6.45, 7) is 0. The lowest BCUT2D eigenvalue weighted by Crippen LogP contribution is -2.12. The molecule has 0 heterocycles. The van der Waals surface area contributed by atoms with Crippen LogP contribution in [0.3, 0.4) is 0 Å². The van der Waals surface area contributed by atoms with Gasteiger partial charge in [0.15, 0.2) is 0 Å². The van der Waals surface area contributed by atoms with Crippen molar-refractivity contribution >= 4 is 23.2 Å². The van der Waals surface area contributed by atoms with Crippen LogP contribution in [0.1, 0.15) is 18.4 Å². The molecule has 1 atom stereocenters. The highest BCUT2D eigenvalue weighted by atomic mass is 35.5. The van der Waals surface area contributed by atoms with Gasteiger partial charge in [0.1, 0.15) is 5.82 Å². The fraction of sp³-hybridized carbons (Fsp3) is 0.455. The fourth-order valence-electron chi connectivity index (χ4n) is 1.38. The molecule has 1 nitrogen and oxygen atoms in total. The topological polar surface area (TPSA) is 20.2 Å². The number of alkyl halides is 1. The molecule has 1 N–H and O–H groups in total. The Kier molecular flexibility index (Phi) is 5.37. The van der Waals surface area contributed by atoms with Crippen LogP contribution in [-0.4, -0.2) is 17.1 Å². The van der Waals surface area contributed by atoms with Crippen LogP contribution in [-0.2, 0) is 6.42 Å². The van der Waals surface area contributed by atoms with Crippen molar-refractivity contribution in [3.8, 4) is 0 Å². The van der Waals surface area contributed by atoms with Crippen molar-refractivity contribution in [2.75, 3.05) is 5.88 Å². The number of halogens is 3. The van der Waals surface area contributed by atoms with Crippen molar-refractivity contribution in [1.82, 2.24) is 0 Å². The zero-order valence-electron chi connectivity index (χ0n) is 8.22. The lowest BCUT2D eigenvalue weighted by Gasteiger charge is -2.11. The summed E-state index contributed by atoms with van der Waals surface area (Å²) < 4.78 is 13.3. The highest BCUT2D eigenvalue weighted by molar-refractivity contribution is 6.31. The van der Waals surface area contributed by atoms with Gasteiger partial charge in [0.05, 0.1) is 6.10 Å². The van der Waals surface area contributed by atoms with Crippen LogP contribution in [0, 0.1) is 5.82 Å². The summed E-state index contributed by atoms with van der Waals surface area (Å²) in [6.07, 6.45) is 0.934. The average Bonchev–Trinajstić information content (AvgIpc) is 2.21. The zero-order chi connectivity index (χ0) is 11.3. The molecule has 0 radical (unpaired) electrons. The maximum Gasteiger partial charge on any atom is 0.127 e. The molecule has 0 saturated carbocycles. The van der Waals surface area contributed by atoms with E-state index in [2.05, 4.69) is 0 Å². The van der Waals surface area contributed by atoms with E-state index in [1.165, 1.54) is 6.07 Å². The first-order valence-corrected chi connectivity index (χ1v) is 5.73. The standard InChI is InChI=1S/C11H13Cl2FO/c12-6-2-3-8(15)7-9-10(13)4-1-5-11(9)14/h1,4-5,8,15H,2-3,6-7H2. The average molecular weight is 251 g/mol. The lowest BCUT2D eigenvalue weighted by molar-refractivity contribution is 0.163. The van der Waals surface area contributed by atoms with Gasteiger partial charge in [-0.15, -0.1) is 11.6 Å². The third kappa shape index (κ3) is 3.98. The van der Waals surface area contributed by atoms with E-state index in [4.69, 9.17) is 23.2 Å². The molecule has 0 spiro atoms. The highest BCUT2D eigenvalue weighted by Gasteiger charge is 2.12. The first-order chi connectivity index (χ1) is 7.15. The first kappa shape index (κ1) is 12.8. The Morgan fingerprint density at radius 3 is 2.73 bits per heavy atom. The summed E-state index contributed by atoms with van der Waals surface area (Å²) in [5.74, 6) is 0.134. The predicted molar refractivity (Wildman–Crippen MR) is 61.1 cm³/mol. The number of aliphatic hydroxyl groups is 1. The Hall–Kier alpha value is -0.310. The van der Waals surface area contributed by atoms with Gasteiger partial charge in [-0.3, -0.25) is 0 Å². The smallest absolute Gasteiger partial charge is 0.127 e. The summed E-state index contributed by atoms with van der Waals surface area (Å²) in [6, 6.07) is 4.51. The Morgan fingerprint density at radius 1 is 1.40 bits per heavy atom. The SMILES string of the molecule is OC(CCCCl)Cc1c(F)cccc1Cl. The lowest BCUT2D eigenvalue weighted by atomic mass is 10.0. The van der Waals surface area contributed by atoms with Crippen molar-refractivity contribution in [2.24, 2.45) is 0 Å². The summed E-state index contributed by atoms with van der Waals surface area (Å²) in [4.78, 5) is 0. The maximum absolute atomic E-state index is 13.3. The molecule has 4 heteroatoms. The molecular formula is C11H13Cl2FO. The van der Waals surface area contributed by atoms with Gasteiger partial charge in [-0.2, -0.15) is 0 Å². The molecule has 0 aliphatic heterocycles. The Balaban J connectivity index is 2.63. The van der Waals surface area contributed by atoms with Gasteiger partial charge < -0.3 is 5.11 Å². The Labute approximate surface area is 98.8 Å². The Morgan fingerprint density at radius 2 is 2.13 bits per heavy atom. The maximum atomic E-state index is 13.3. The molecule has 1 rings (SSSR count). The van der Waals surface area contributed by atoms with E-state index in [1.807, 2.05) is 0 Å². The molecule has 84 valence electrons. The second-order valence-corrected chi connectivity index (χ2v) is 4.17. The van der Waals surface area contributed by atoms with Crippen LogP contribution in [0.15, 0.2) is 18.2 Å². The monoisotopic (exact) mass is 250 g/mol. The van der Waals surface area contributed by atoms with E-state index in [9.17, 15) is 9.50 Å². The summed E-state index contributed by atoms with van der Waals surface area (Å²) in [5.41, 5.74) is 0.376. The van der Waals surface area contributed by atoms with E-state index in [0.717, 1.165) is 6.42 Å². The molecule has 0 aliphatic carbocycles. The number of aliphatic hydroxyl groups excluding tert-OH is 1. The zero-order valence-corrected chi connectivity index (χ0v) is 9.73. The normalized spacial score (nSPS) is 12.8. The van der Waals surface area contributed by atoms with Crippen molar-refractivity contribution in [3.63, 3.8) is 0 Å². The van der Waals surface area contributed by atoms with Gasteiger partial charge in [-0.05, 0) is 25.0 Å². The fourth-order valence-corrected chi connectivity index (χ4v) is 1.77.